The Balaban J connectivity index is 1.81. The lowest BCUT2D eigenvalue weighted by molar-refractivity contribution is 0.0445. The minimum Gasteiger partial charge on any atom is -0.427 e. The number of rotatable bonds is 3. The highest BCUT2D eigenvalue weighted by molar-refractivity contribution is 5.95. The van der Waals surface area contributed by atoms with Crippen LogP contribution in [0.5, 0.6) is 0 Å². The molecule has 0 aliphatic heterocycles. The second-order valence-electron chi connectivity index (χ2n) is 5.85. The highest BCUT2D eigenvalue weighted by Crippen LogP contribution is 2.36. The summed E-state index contributed by atoms with van der Waals surface area (Å²) in [4.78, 5) is 24.1. The molecule has 0 aromatic carbocycles. The Hall–Kier alpha value is -1.62. The van der Waals surface area contributed by atoms with Crippen molar-refractivity contribution < 1.29 is 14.3 Å². The molecule has 5 nitrogen and oxygen atoms in total. The first-order valence-electron chi connectivity index (χ1n) is 7.20. The number of hydrogen-bond donors (Lipinski definition) is 2. The van der Waals surface area contributed by atoms with Gasteiger partial charge in [0, 0.05) is 5.92 Å². The van der Waals surface area contributed by atoms with Crippen LogP contribution in [0.3, 0.4) is 0 Å². The van der Waals surface area contributed by atoms with Crippen LogP contribution in [0.25, 0.3) is 0 Å². The average Bonchev–Trinajstić information content (AvgIpc) is 2.31. The molecule has 2 aliphatic rings. The van der Waals surface area contributed by atoms with E-state index in [2.05, 4.69) is 5.32 Å². The van der Waals surface area contributed by atoms with E-state index in [9.17, 15) is 14.7 Å². The molecule has 0 saturated heterocycles. The molecule has 108 valence electrons. The molecule has 1 amide bonds. The largest absolute Gasteiger partial charge is 0.427 e. The van der Waals surface area contributed by atoms with Crippen molar-refractivity contribution in [2.45, 2.75) is 57.1 Å². The predicted octanol–water partition coefficient (Wildman–Crippen LogP) is 1.47. The second kappa shape index (κ2) is 5.05. The molecule has 2 fully saturated rings. The van der Waals surface area contributed by atoms with Crippen LogP contribution in [0.4, 0.5) is 0 Å². The van der Waals surface area contributed by atoms with Gasteiger partial charge >= 0.3 is 5.63 Å². The first-order chi connectivity index (χ1) is 9.56. The quantitative estimate of drug-likeness (QED) is 0.876. The zero-order chi connectivity index (χ0) is 14.3. The van der Waals surface area contributed by atoms with Gasteiger partial charge in [-0.3, -0.25) is 4.79 Å². The maximum Gasteiger partial charge on any atom is 0.349 e. The van der Waals surface area contributed by atoms with E-state index >= 15 is 0 Å². The lowest BCUT2D eigenvalue weighted by Crippen LogP contribution is -2.51. The number of aliphatic hydroxyl groups excluding tert-OH is 1. The number of nitrogens with one attached hydrogen (secondary N) is 1. The second-order valence-corrected chi connectivity index (χ2v) is 5.85. The summed E-state index contributed by atoms with van der Waals surface area (Å²) >= 11 is 0. The number of hydrogen-bond acceptors (Lipinski definition) is 4. The minimum atomic E-state index is -0.571. The topological polar surface area (TPSA) is 79.5 Å². The van der Waals surface area contributed by atoms with Crippen molar-refractivity contribution in [3.8, 4) is 0 Å². The molecule has 3 rings (SSSR count). The maximum atomic E-state index is 12.1. The Morgan fingerprint density at radius 2 is 2.10 bits per heavy atom. The molecule has 5 heteroatoms. The van der Waals surface area contributed by atoms with Crippen molar-refractivity contribution in [3.05, 3.63) is 33.4 Å². The Kier molecular flexibility index (Phi) is 3.38. The summed E-state index contributed by atoms with van der Waals surface area (Å²) < 4.78 is 5.30. The molecule has 1 aromatic heterocycles. The minimum absolute atomic E-state index is 0.0622. The van der Waals surface area contributed by atoms with E-state index in [1.807, 2.05) is 0 Å². The fourth-order valence-electron chi connectivity index (χ4n) is 2.69. The predicted molar refractivity (Wildman–Crippen MR) is 72.8 cm³/mol. The van der Waals surface area contributed by atoms with Crippen molar-refractivity contribution in [2.24, 2.45) is 0 Å². The van der Waals surface area contributed by atoms with Gasteiger partial charge in [0.15, 0.2) is 0 Å². The average molecular weight is 277 g/mol. The molecule has 1 aromatic rings. The van der Waals surface area contributed by atoms with E-state index < -0.39 is 17.6 Å². The van der Waals surface area contributed by atoms with Crippen LogP contribution in [0.2, 0.25) is 0 Å². The summed E-state index contributed by atoms with van der Waals surface area (Å²) in [5.74, 6) is 0.575. The van der Waals surface area contributed by atoms with Gasteiger partial charge in [-0.15, -0.1) is 0 Å². The Morgan fingerprint density at radius 1 is 1.35 bits per heavy atom. The Bertz CT molecular complexity index is 588. The standard InChI is InChI=1S/C15H19NO4/c1-8-7-12(9-3-2-4-9)20-15(19)13(8)14(18)16-10-5-6-11(10)17/h7,9-11,17H,2-6H2,1H3,(H,16,18)/t10-,11-/m0/s1. The van der Waals surface area contributed by atoms with Crippen molar-refractivity contribution >= 4 is 5.91 Å². The molecule has 20 heavy (non-hydrogen) atoms. The van der Waals surface area contributed by atoms with Crippen LogP contribution < -0.4 is 10.9 Å². The molecular formula is C15H19NO4. The number of aliphatic hydroxyl groups is 1. The number of carbonyl (C=O) groups is 1. The summed E-state index contributed by atoms with van der Waals surface area (Å²) in [7, 11) is 0. The van der Waals surface area contributed by atoms with Gasteiger partial charge in [0.1, 0.15) is 11.3 Å². The molecule has 2 atom stereocenters. The van der Waals surface area contributed by atoms with E-state index in [-0.39, 0.29) is 11.6 Å². The van der Waals surface area contributed by atoms with Crippen LogP contribution in [0, 0.1) is 6.92 Å². The van der Waals surface area contributed by atoms with Crippen LogP contribution >= 0.6 is 0 Å². The summed E-state index contributed by atoms with van der Waals surface area (Å²) in [5, 5.41) is 12.2. The van der Waals surface area contributed by atoms with E-state index in [1.54, 1.807) is 13.0 Å². The molecule has 2 aliphatic carbocycles. The molecule has 0 unspecified atom stereocenters. The SMILES string of the molecule is Cc1cc(C2CCC2)oc(=O)c1C(=O)N[C@H]1CC[C@@H]1O. The molecule has 0 radical (unpaired) electrons. The van der Waals surface area contributed by atoms with Gasteiger partial charge in [0.25, 0.3) is 5.91 Å². The highest BCUT2D eigenvalue weighted by atomic mass is 16.4. The summed E-state index contributed by atoms with van der Waals surface area (Å²) in [6, 6.07) is 1.56. The van der Waals surface area contributed by atoms with Crippen LogP contribution in [0.15, 0.2) is 15.3 Å². The third-order valence-electron chi connectivity index (χ3n) is 4.46. The van der Waals surface area contributed by atoms with Gasteiger partial charge in [-0.1, -0.05) is 6.42 Å². The van der Waals surface area contributed by atoms with Crippen molar-refractivity contribution in [1.29, 1.82) is 0 Å². The van der Waals surface area contributed by atoms with Gasteiger partial charge in [0.05, 0.1) is 12.1 Å². The van der Waals surface area contributed by atoms with Crippen LogP contribution in [0.1, 0.15) is 59.7 Å². The number of amides is 1. The third kappa shape index (κ3) is 2.26. The molecule has 2 saturated carbocycles. The van der Waals surface area contributed by atoms with E-state index in [0.29, 0.717) is 23.7 Å². The first-order valence-corrected chi connectivity index (χ1v) is 7.20. The van der Waals surface area contributed by atoms with Crippen molar-refractivity contribution in [1.82, 2.24) is 5.32 Å². The molecule has 0 bridgehead atoms. The van der Waals surface area contributed by atoms with Crippen molar-refractivity contribution in [2.75, 3.05) is 0 Å². The van der Waals surface area contributed by atoms with E-state index in [4.69, 9.17) is 4.42 Å². The summed E-state index contributed by atoms with van der Waals surface area (Å²) in [5.41, 5.74) is 0.139. The van der Waals surface area contributed by atoms with Gasteiger partial charge in [-0.05, 0) is 44.2 Å². The first kappa shape index (κ1) is 13.4. The zero-order valence-electron chi connectivity index (χ0n) is 11.5. The molecule has 1 heterocycles. The smallest absolute Gasteiger partial charge is 0.349 e. The summed E-state index contributed by atoms with van der Waals surface area (Å²) in [6.45, 7) is 1.76. The van der Waals surface area contributed by atoms with Crippen LogP contribution in [-0.4, -0.2) is 23.2 Å². The Morgan fingerprint density at radius 3 is 2.55 bits per heavy atom. The summed E-state index contributed by atoms with van der Waals surface area (Å²) in [6.07, 6.45) is 4.19. The van der Waals surface area contributed by atoms with Gasteiger partial charge in [-0.2, -0.15) is 0 Å². The molecule has 0 spiro atoms. The molecular weight excluding hydrogens is 258 g/mol. The maximum absolute atomic E-state index is 12.1. The zero-order valence-corrected chi connectivity index (χ0v) is 11.5. The number of carbonyl (C=O) groups excluding carboxylic acids is 1. The van der Waals surface area contributed by atoms with E-state index in [1.165, 1.54) is 0 Å². The third-order valence-corrected chi connectivity index (χ3v) is 4.46. The fraction of sp³-hybridized carbons (Fsp3) is 0.600. The number of aryl methyl sites for hydroxylation is 1. The van der Waals surface area contributed by atoms with Gasteiger partial charge < -0.3 is 14.8 Å². The Labute approximate surface area is 117 Å². The van der Waals surface area contributed by atoms with Gasteiger partial charge in [-0.25, -0.2) is 4.79 Å². The van der Waals surface area contributed by atoms with Crippen molar-refractivity contribution in [3.63, 3.8) is 0 Å². The van der Waals surface area contributed by atoms with Crippen LogP contribution in [-0.2, 0) is 0 Å². The van der Waals surface area contributed by atoms with E-state index in [0.717, 1.165) is 25.7 Å². The lowest BCUT2D eigenvalue weighted by Gasteiger charge is -2.32. The van der Waals surface area contributed by atoms with Gasteiger partial charge in [0.2, 0.25) is 0 Å². The normalized spacial score (nSPS) is 25.7. The monoisotopic (exact) mass is 277 g/mol. The fourth-order valence-corrected chi connectivity index (χ4v) is 2.69. The highest BCUT2D eigenvalue weighted by Gasteiger charge is 2.32. The molecule has 2 N–H and O–H groups in total. The lowest BCUT2D eigenvalue weighted by atomic mass is 9.83.